The van der Waals surface area contributed by atoms with E-state index in [1.54, 1.807) is 12.1 Å². The van der Waals surface area contributed by atoms with E-state index in [0.717, 1.165) is 10.9 Å². The SMILES string of the molecule is Oc1cc(Cl)ccc1C=CCBr. The van der Waals surface area contributed by atoms with Gasteiger partial charge in [-0.15, -0.1) is 0 Å². The molecular formula is C9H8BrClO. The topological polar surface area (TPSA) is 20.2 Å². The summed E-state index contributed by atoms with van der Waals surface area (Å²) in [5.74, 6) is 0.208. The van der Waals surface area contributed by atoms with E-state index in [2.05, 4.69) is 15.9 Å². The molecule has 0 amide bonds. The van der Waals surface area contributed by atoms with Gasteiger partial charge in [0, 0.05) is 15.9 Å². The lowest BCUT2D eigenvalue weighted by Crippen LogP contribution is -1.74. The Hall–Kier alpha value is -0.470. The zero-order valence-electron chi connectivity index (χ0n) is 6.30. The lowest BCUT2D eigenvalue weighted by molar-refractivity contribution is 0.474. The molecule has 0 aliphatic carbocycles. The van der Waals surface area contributed by atoms with Crippen LogP contribution in [0.4, 0.5) is 0 Å². The van der Waals surface area contributed by atoms with Crippen molar-refractivity contribution >= 4 is 33.6 Å². The number of hydrogen-bond acceptors (Lipinski definition) is 1. The monoisotopic (exact) mass is 246 g/mol. The zero-order valence-corrected chi connectivity index (χ0v) is 8.64. The van der Waals surface area contributed by atoms with Crippen LogP contribution in [0.15, 0.2) is 24.3 Å². The molecule has 0 bridgehead atoms. The summed E-state index contributed by atoms with van der Waals surface area (Å²) in [5.41, 5.74) is 0.777. The molecule has 0 heterocycles. The number of allylic oxidation sites excluding steroid dienone is 1. The van der Waals surface area contributed by atoms with Crippen molar-refractivity contribution < 1.29 is 5.11 Å². The van der Waals surface area contributed by atoms with Gasteiger partial charge in [0.25, 0.3) is 0 Å². The van der Waals surface area contributed by atoms with Gasteiger partial charge in [0.1, 0.15) is 5.75 Å². The smallest absolute Gasteiger partial charge is 0.124 e. The van der Waals surface area contributed by atoms with E-state index in [1.807, 2.05) is 12.2 Å². The molecule has 1 rings (SSSR count). The lowest BCUT2D eigenvalue weighted by atomic mass is 10.2. The third-order valence-electron chi connectivity index (χ3n) is 1.38. The summed E-state index contributed by atoms with van der Waals surface area (Å²) in [4.78, 5) is 0. The Kier molecular flexibility index (Phi) is 3.63. The Morgan fingerprint density at radius 3 is 2.83 bits per heavy atom. The van der Waals surface area contributed by atoms with Crippen LogP contribution in [0.5, 0.6) is 5.75 Å². The van der Waals surface area contributed by atoms with E-state index in [9.17, 15) is 5.11 Å². The van der Waals surface area contributed by atoms with Crippen molar-refractivity contribution in [2.75, 3.05) is 5.33 Å². The normalized spacial score (nSPS) is 10.8. The number of alkyl halides is 1. The summed E-state index contributed by atoms with van der Waals surface area (Å²) in [7, 11) is 0. The number of hydrogen-bond donors (Lipinski definition) is 1. The Morgan fingerprint density at radius 1 is 1.50 bits per heavy atom. The summed E-state index contributed by atoms with van der Waals surface area (Å²) in [5, 5.41) is 10.7. The summed E-state index contributed by atoms with van der Waals surface area (Å²) in [6, 6.07) is 5.04. The first kappa shape index (κ1) is 9.62. The molecular weight excluding hydrogens is 239 g/mol. The van der Waals surface area contributed by atoms with E-state index >= 15 is 0 Å². The molecule has 1 aromatic rings. The van der Waals surface area contributed by atoms with E-state index in [0.29, 0.717) is 5.02 Å². The summed E-state index contributed by atoms with van der Waals surface area (Å²) < 4.78 is 0. The van der Waals surface area contributed by atoms with Crippen molar-refractivity contribution in [3.05, 3.63) is 34.9 Å². The van der Waals surface area contributed by atoms with Crippen molar-refractivity contribution in [1.29, 1.82) is 0 Å². The van der Waals surface area contributed by atoms with Gasteiger partial charge in [-0.3, -0.25) is 0 Å². The fourth-order valence-corrected chi connectivity index (χ4v) is 1.18. The van der Waals surface area contributed by atoms with E-state index < -0.39 is 0 Å². The molecule has 1 N–H and O–H groups in total. The van der Waals surface area contributed by atoms with Crippen molar-refractivity contribution in [3.8, 4) is 5.75 Å². The van der Waals surface area contributed by atoms with Crippen molar-refractivity contribution in [2.45, 2.75) is 0 Å². The maximum Gasteiger partial charge on any atom is 0.124 e. The molecule has 3 heteroatoms. The molecule has 0 radical (unpaired) electrons. The van der Waals surface area contributed by atoms with Gasteiger partial charge in [-0.25, -0.2) is 0 Å². The highest BCUT2D eigenvalue weighted by Gasteiger charge is 1.96. The van der Waals surface area contributed by atoms with Crippen LogP contribution in [-0.4, -0.2) is 10.4 Å². The zero-order chi connectivity index (χ0) is 8.97. The second-order valence-electron chi connectivity index (χ2n) is 2.26. The van der Waals surface area contributed by atoms with Crippen LogP contribution in [0.2, 0.25) is 5.02 Å². The van der Waals surface area contributed by atoms with Crippen LogP contribution < -0.4 is 0 Å². The van der Waals surface area contributed by atoms with Crippen LogP contribution in [0.1, 0.15) is 5.56 Å². The minimum absolute atomic E-state index is 0.208. The fraction of sp³-hybridized carbons (Fsp3) is 0.111. The minimum atomic E-state index is 0.208. The number of rotatable bonds is 2. The predicted octanol–water partition coefficient (Wildman–Crippen LogP) is 3.45. The number of benzene rings is 1. The van der Waals surface area contributed by atoms with Crippen molar-refractivity contribution in [1.82, 2.24) is 0 Å². The second kappa shape index (κ2) is 4.53. The fourth-order valence-electron chi connectivity index (χ4n) is 0.829. The van der Waals surface area contributed by atoms with Crippen LogP contribution in [0, 0.1) is 0 Å². The highest BCUT2D eigenvalue weighted by Crippen LogP contribution is 2.22. The number of halogens is 2. The maximum absolute atomic E-state index is 9.37. The van der Waals surface area contributed by atoms with Gasteiger partial charge in [-0.2, -0.15) is 0 Å². The molecule has 0 spiro atoms. The molecule has 0 unspecified atom stereocenters. The molecule has 1 nitrogen and oxygen atoms in total. The molecule has 1 aromatic carbocycles. The third-order valence-corrected chi connectivity index (χ3v) is 1.99. The van der Waals surface area contributed by atoms with E-state index in [4.69, 9.17) is 11.6 Å². The number of phenols is 1. The molecule has 0 saturated carbocycles. The average molecular weight is 248 g/mol. The highest BCUT2D eigenvalue weighted by molar-refractivity contribution is 9.09. The first-order chi connectivity index (χ1) is 5.74. The molecule has 0 fully saturated rings. The molecule has 12 heavy (non-hydrogen) atoms. The Bertz CT molecular complexity index is 297. The standard InChI is InChI=1S/C9H8BrClO/c10-5-1-2-7-3-4-8(11)6-9(7)12/h1-4,6,12H,5H2. The summed E-state index contributed by atoms with van der Waals surface area (Å²) in [6.07, 6.45) is 3.74. The van der Waals surface area contributed by atoms with Crippen molar-refractivity contribution in [2.24, 2.45) is 0 Å². The van der Waals surface area contributed by atoms with Gasteiger partial charge in [0.05, 0.1) is 0 Å². The summed E-state index contributed by atoms with van der Waals surface area (Å²) in [6.45, 7) is 0. The molecule has 0 aliphatic heterocycles. The highest BCUT2D eigenvalue weighted by atomic mass is 79.9. The Labute approximate surface area is 84.8 Å². The third kappa shape index (κ3) is 2.54. The van der Waals surface area contributed by atoms with Crippen LogP contribution in [0.25, 0.3) is 6.08 Å². The van der Waals surface area contributed by atoms with Gasteiger partial charge in [-0.1, -0.05) is 39.7 Å². The molecule has 0 saturated heterocycles. The Balaban J connectivity index is 2.94. The van der Waals surface area contributed by atoms with Gasteiger partial charge in [0.15, 0.2) is 0 Å². The van der Waals surface area contributed by atoms with Gasteiger partial charge in [0.2, 0.25) is 0 Å². The van der Waals surface area contributed by atoms with E-state index in [1.165, 1.54) is 6.07 Å². The molecule has 0 aromatic heterocycles. The van der Waals surface area contributed by atoms with Crippen LogP contribution in [0.3, 0.4) is 0 Å². The van der Waals surface area contributed by atoms with E-state index in [-0.39, 0.29) is 5.75 Å². The van der Waals surface area contributed by atoms with Crippen molar-refractivity contribution in [3.63, 3.8) is 0 Å². The predicted molar refractivity (Wildman–Crippen MR) is 55.9 cm³/mol. The molecule has 0 aliphatic rings. The first-order valence-electron chi connectivity index (χ1n) is 3.45. The number of aromatic hydroxyl groups is 1. The second-order valence-corrected chi connectivity index (χ2v) is 3.34. The van der Waals surface area contributed by atoms with Crippen LogP contribution >= 0.6 is 27.5 Å². The van der Waals surface area contributed by atoms with Gasteiger partial charge in [-0.05, 0) is 18.2 Å². The largest absolute Gasteiger partial charge is 0.507 e. The molecule has 0 atom stereocenters. The first-order valence-corrected chi connectivity index (χ1v) is 4.95. The van der Waals surface area contributed by atoms with Crippen LogP contribution in [-0.2, 0) is 0 Å². The molecule has 64 valence electrons. The van der Waals surface area contributed by atoms with Gasteiger partial charge >= 0.3 is 0 Å². The quantitative estimate of drug-likeness (QED) is 0.794. The van der Waals surface area contributed by atoms with Gasteiger partial charge < -0.3 is 5.11 Å². The number of phenolic OH excluding ortho intramolecular Hbond substituents is 1. The Morgan fingerprint density at radius 2 is 2.25 bits per heavy atom. The minimum Gasteiger partial charge on any atom is -0.507 e. The summed E-state index contributed by atoms with van der Waals surface area (Å²) >= 11 is 8.91. The maximum atomic E-state index is 9.37. The average Bonchev–Trinajstić information content (AvgIpc) is 2.03. The lowest BCUT2D eigenvalue weighted by Gasteiger charge is -1.98.